The Morgan fingerprint density at radius 1 is 0.900 bits per heavy atom. The summed E-state index contributed by atoms with van der Waals surface area (Å²) in [6.07, 6.45) is 14.4. The van der Waals surface area contributed by atoms with Crippen LogP contribution in [0.15, 0.2) is 12.7 Å². The molecule has 2 fully saturated rings. The predicted octanol–water partition coefficient (Wildman–Crippen LogP) is 3.26. The number of allylic oxidation sites excluding steroid dienone is 1. The first kappa shape index (κ1) is 16.3. The van der Waals surface area contributed by atoms with Gasteiger partial charge in [0.05, 0.1) is 6.17 Å². The minimum Gasteiger partial charge on any atom is -0.288 e. The van der Waals surface area contributed by atoms with Gasteiger partial charge in [-0.15, -0.1) is 6.58 Å². The predicted molar refractivity (Wildman–Crippen MR) is 92.2 cm³/mol. The summed E-state index contributed by atoms with van der Waals surface area (Å²) >= 11 is 0. The van der Waals surface area contributed by atoms with Gasteiger partial charge < -0.3 is 0 Å². The molecule has 2 nitrogen and oxygen atoms in total. The zero-order valence-corrected chi connectivity index (χ0v) is 14.8. The van der Waals surface area contributed by atoms with E-state index in [1.54, 1.807) is 0 Å². The van der Waals surface area contributed by atoms with Gasteiger partial charge in [-0.3, -0.25) is 9.80 Å². The van der Waals surface area contributed by atoms with Crippen LogP contribution in [-0.4, -0.2) is 51.7 Å². The van der Waals surface area contributed by atoms with E-state index in [2.05, 4.69) is 22.5 Å². The molecule has 0 aliphatic carbocycles. The van der Waals surface area contributed by atoms with Crippen LogP contribution in [0.3, 0.4) is 0 Å². The molecule has 0 atom stereocenters. The van der Waals surface area contributed by atoms with E-state index in [1.165, 1.54) is 89.6 Å². The summed E-state index contributed by atoms with van der Waals surface area (Å²) in [5.41, 5.74) is 0. The topological polar surface area (TPSA) is 6.48 Å². The Morgan fingerprint density at radius 2 is 1.45 bits per heavy atom. The van der Waals surface area contributed by atoms with E-state index in [0.717, 1.165) is 6.17 Å². The molecule has 2 rings (SSSR count). The molecule has 0 aromatic carbocycles. The van der Waals surface area contributed by atoms with Crippen molar-refractivity contribution in [2.75, 3.05) is 26.2 Å². The molecule has 20 heavy (non-hydrogen) atoms. The second kappa shape index (κ2) is 9.75. The normalized spacial score (nSPS) is 22.9. The van der Waals surface area contributed by atoms with Crippen molar-refractivity contribution in [3.05, 3.63) is 12.7 Å². The highest BCUT2D eigenvalue weighted by molar-refractivity contribution is 6.35. The first-order valence-corrected chi connectivity index (χ1v) is 11.0. The monoisotopic (exact) mass is 294 g/mol. The summed E-state index contributed by atoms with van der Waals surface area (Å²) in [6.45, 7) is 9.27. The fourth-order valence-corrected chi connectivity index (χ4v) is 5.04. The van der Waals surface area contributed by atoms with Crippen molar-refractivity contribution in [1.82, 2.24) is 9.80 Å². The third-order valence-electron chi connectivity index (χ3n) is 4.99. The largest absolute Gasteiger partial charge is 0.288 e. The summed E-state index contributed by atoms with van der Waals surface area (Å²) in [4.78, 5) is 5.62. The minimum atomic E-state index is 0.156. The van der Waals surface area contributed by atoms with Crippen molar-refractivity contribution in [1.29, 1.82) is 0 Å². The average molecular weight is 295 g/mol. The third kappa shape index (κ3) is 5.34. The number of hydrogen-bond acceptors (Lipinski definition) is 2. The molecular formula is C17H34N2Si. The van der Waals surface area contributed by atoms with Crippen molar-refractivity contribution in [2.45, 2.75) is 69.6 Å². The van der Waals surface area contributed by atoms with Crippen molar-refractivity contribution in [2.24, 2.45) is 0 Å². The summed E-state index contributed by atoms with van der Waals surface area (Å²) in [5, 5.41) is 0. The van der Waals surface area contributed by atoms with E-state index in [-0.39, 0.29) is 9.52 Å². The third-order valence-corrected chi connectivity index (χ3v) is 6.81. The Labute approximate surface area is 128 Å². The Balaban J connectivity index is 1.80. The maximum absolute atomic E-state index is 3.86. The van der Waals surface area contributed by atoms with Gasteiger partial charge in [-0.25, -0.2) is 0 Å². The number of piperidine rings is 2. The van der Waals surface area contributed by atoms with Crippen molar-refractivity contribution in [3.8, 4) is 0 Å². The van der Waals surface area contributed by atoms with Crippen LogP contribution < -0.4 is 0 Å². The first-order valence-electron chi connectivity index (χ1n) is 9.01. The molecule has 2 heterocycles. The van der Waals surface area contributed by atoms with Gasteiger partial charge in [0, 0.05) is 9.52 Å². The fourth-order valence-electron chi connectivity index (χ4n) is 3.82. The maximum atomic E-state index is 3.86. The van der Waals surface area contributed by atoms with Crippen LogP contribution >= 0.6 is 0 Å². The molecule has 2 saturated heterocycles. The standard InChI is InChI=1S/C17H34N2Si/c1-2-15-20-16-9-10-17(18-11-5-3-6-12-18)19-13-7-4-8-14-19/h2,17H,1,3-16,20H2. The molecule has 0 aromatic heterocycles. The SMILES string of the molecule is C=CC[SiH2]CCCC(N1CCCCC1)N1CCCCC1. The van der Waals surface area contributed by atoms with Gasteiger partial charge in [0.1, 0.15) is 0 Å². The van der Waals surface area contributed by atoms with Crippen molar-refractivity contribution in [3.63, 3.8) is 0 Å². The zero-order valence-electron chi connectivity index (χ0n) is 13.4. The molecule has 2 aliphatic heterocycles. The molecule has 0 radical (unpaired) electrons. The highest BCUT2D eigenvalue weighted by atomic mass is 28.2. The lowest BCUT2D eigenvalue weighted by atomic mass is 10.1. The molecule has 0 aromatic rings. The molecular weight excluding hydrogens is 260 g/mol. The number of likely N-dealkylation sites (tertiary alicyclic amines) is 2. The number of rotatable bonds is 8. The summed E-state index contributed by atoms with van der Waals surface area (Å²) < 4.78 is 0. The quantitative estimate of drug-likeness (QED) is 0.385. The van der Waals surface area contributed by atoms with Crippen molar-refractivity contribution >= 4 is 9.52 Å². The van der Waals surface area contributed by atoms with E-state index in [9.17, 15) is 0 Å². The van der Waals surface area contributed by atoms with E-state index in [4.69, 9.17) is 0 Å². The zero-order chi connectivity index (χ0) is 14.0. The molecule has 0 spiro atoms. The second-order valence-corrected chi connectivity index (χ2v) is 8.59. The molecule has 0 N–H and O–H groups in total. The van der Waals surface area contributed by atoms with E-state index < -0.39 is 0 Å². The van der Waals surface area contributed by atoms with Crippen molar-refractivity contribution < 1.29 is 0 Å². The smallest absolute Gasteiger partial charge is 0.0622 e. The van der Waals surface area contributed by atoms with Gasteiger partial charge in [-0.2, -0.15) is 0 Å². The molecule has 2 aliphatic rings. The molecule has 0 amide bonds. The summed E-state index contributed by atoms with van der Waals surface area (Å²) in [7, 11) is 0.156. The van der Waals surface area contributed by atoms with Gasteiger partial charge in [0.15, 0.2) is 0 Å². The Morgan fingerprint density at radius 3 is 1.95 bits per heavy atom. The summed E-state index contributed by atoms with van der Waals surface area (Å²) in [6, 6.07) is 2.85. The van der Waals surface area contributed by atoms with E-state index >= 15 is 0 Å². The van der Waals surface area contributed by atoms with Crippen LogP contribution in [0.4, 0.5) is 0 Å². The number of hydrogen-bond donors (Lipinski definition) is 0. The molecule has 0 unspecified atom stereocenters. The fraction of sp³-hybridized carbons (Fsp3) is 0.882. The molecule has 116 valence electrons. The number of nitrogens with zero attached hydrogens (tertiary/aromatic N) is 2. The van der Waals surface area contributed by atoms with Gasteiger partial charge in [0.25, 0.3) is 0 Å². The van der Waals surface area contributed by atoms with Crippen LogP contribution in [0.1, 0.15) is 51.4 Å². The lowest BCUT2D eigenvalue weighted by Crippen LogP contribution is -2.51. The van der Waals surface area contributed by atoms with Gasteiger partial charge in [0.2, 0.25) is 0 Å². The van der Waals surface area contributed by atoms with Gasteiger partial charge in [-0.1, -0.05) is 31.4 Å². The van der Waals surface area contributed by atoms with Gasteiger partial charge >= 0.3 is 0 Å². The Kier molecular flexibility index (Phi) is 7.92. The molecule has 3 heteroatoms. The van der Waals surface area contributed by atoms with Gasteiger partial charge in [-0.05, 0) is 64.3 Å². The van der Waals surface area contributed by atoms with Crippen LogP contribution in [0.25, 0.3) is 0 Å². The molecule has 0 bridgehead atoms. The molecule has 0 saturated carbocycles. The lowest BCUT2D eigenvalue weighted by Gasteiger charge is -2.43. The maximum Gasteiger partial charge on any atom is 0.0622 e. The van der Waals surface area contributed by atoms with Crippen LogP contribution in [0.5, 0.6) is 0 Å². The van der Waals surface area contributed by atoms with Crippen LogP contribution in [0, 0.1) is 0 Å². The average Bonchev–Trinajstić information content (AvgIpc) is 2.53. The van der Waals surface area contributed by atoms with Crippen LogP contribution in [-0.2, 0) is 0 Å². The summed E-state index contributed by atoms with van der Waals surface area (Å²) in [5.74, 6) is 0. The Hall–Kier alpha value is -0.123. The highest BCUT2D eigenvalue weighted by Crippen LogP contribution is 2.22. The van der Waals surface area contributed by atoms with E-state index in [0.29, 0.717) is 0 Å². The van der Waals surface area contributed by atoms with Crippen LogP contribution in [0.2, 0.25) is 12.1 Å². The second-order valence-electron chi connectivity index (χ2n) is 6.60. The Bertz CT molecular complexity index is 240. The minimum absolute atomic E-state index is 0.156. The first-order chi connectivity index (χ1) is 9.92. The van der Waals surface area contributed by atoms with E-state index in [1.807, 2.05) is 0 Å². The lowest BCUT2D eigenvalue weighted by molar-refractivity contribution is 0.0115. The highest BCUT2D eigenvalue weighted by Gasteiger charge is 2.26.